The van der Waals surface area contributed by atoms with Crippen LogP contribution in [0, 0.1) is 12.3 Å². The first kappa shape index (κ1) is 16.3. The summed E-state index contributed by atoms with van der Waals surface area (Å²) in [6.07, 6.45) is 4.66. The zero-order valence-electron chi connectivity index (χ0n) is 14.2. The van der Waals surface area contributed by atoms with Crippen molar-refractivity contribution in [3.8, 4) is 5.75 Å². The summed E-state index contributed by atoms with van der Waals surface area (Å²) < 4.78 is 6.40. The van der Waals surface area contributed by atoms with Crippen molar-refractivity contribution in [2.75, 3.05) is 6.54 Å². The molecule has 3 nitrogen and oxygen atoms in total. The molecule has 2 rings (SSSR count). The molecule has 2 unspecified atom stereocenters. The van der Waals surface area contributed by atoms with Crippen LogP contribution in [0.4, 0.5) is 0 Å². The lowest BCUT2D eigenvalue weighted by Gasteiger charge is -2.55. The first-order valence-electron chi connectivity index (χ1n) is 8.47. The second-order valence-corrected chi connectivity index (χ2v) is 6.14. The van der Waals surface area contributed by atoms with Crippen LogP contribution >= 0.6 is 0 Å². The van der Waals surface area contributed by atoms with E-state index in [0.29, 0.717) is 12.1 Å². The topological polar surface area (TPSA) is 34.1 Å². The maximum absolute atomic E-state index is 6.40. The van der Waals surface area contributed by atoms with Crippen molar-refractivity contribution in [3.05, 3.63) is 23.5 Å². The fourth-order valence-electron chi connectivity index (χ4n) is 3.76. The Morgan fingerprint density at radius 2 is 1.95 bits per heavy atom. The van der Waals surface area contributed by atoms with Crippen LogP contribution in [0.2, 0.25) is 0 Å². The van der Waals surface area contributed by atoms with E-state index in [2.05, 4.69) is 50.1 Å². The Balaban J connectivity index is 2.16. The standard InChI is InChI=1S/C18H30N2O/c1-6-14-15(11-10-13(5)20-14)21-17-12-16(19-9-4)18(17,7-2)8-3/h10-11,16-17,19H,6-9,12H2,1-5H3. The third-order valence-corrected chi connectivity index (χ3v) is 5.23. The van der Waals surface area contributed by atoms with E-state index in [-0.39, 0.29) is 5.41 Å². The molecule has 0 radical (unpaired) electrons. The van der Waals surface area contributed by atoms with E-state index in [0.717, 1.165) is 49.4 Å². The molecule has 2 atom stereocenters. The van der Waals surface area contributed by atoms with Gasteiger partial charge in [-0.15, -0.1) is 0 Å². The minimum Gasteiger partial charge on any atom is -0.488 e. The van der Waals surface area contributed by atoms with Gasteiger partial charge in [-0.1, -0.05) is 27.7 Å². The minimum absolute atomic E-state index is 0.270. The smallest absolute Gasteiger partial charge is 0.141 e. The van der Waals surface area contributed by atoms with Gasteiger partial charge in [-0.05, 0) is 44.9 Å². The Hall–Kier alpha value is -1.09. The predicted octanol–water partition coefficient (Wildman–Crippen LogP) is 3.89. The number of hydrogen-bond donors (Lipinski definition) is 1. The third-order valence-electron chi connectivity index (χ3n) is 5.23. The van der Waals surface area contributed by atoms with Crippen LogP contribution < -0.4 is 10.1 Å². The van der Waals surface area contributed by atoms with Gasteiger partial charge < -0.3 is 10.1 Å². The quantitative estimate of drug-likeness (QED) is 0.827. The van der Waals surface area contributed by atoms with Crippen LogP contribution in [0.5, 0.6) is 5.75 Å². The van der Waals surface area contributed by atoms with E-state index in [1.165, 1.54) is 0 Å². The van der Waals surface area contributed by atoms with Gasteiger partial charge in [0.1, 0.15) is 11.9 Å². The second kappa shape index (κ2) is 6.78. The van der Waals surface area contributed by atoms with Crippen LogP contribution in [-0.4, -0.2) is 23.7 Å². The largest absolute Gasteiger partial charge is 0.488 e. The van der Waals surface area contributed by atoms with E-state index in [1.807, 2.05) is 6.92 Å². The molecular weight excluding hydrogens is 260 g/mol. The highest BCUT2D eigenvalue weighted by atomic mass is 16.5. The number of aryl methyl sites for hydroxylation is 2. The van der Waals surface area contributed by atoms with E-state index in [1.54, 1.807) is 0 Å². The third kappa shape index (κ3) is 2.94. The van der Waals surface area contributed by atoms with Crippen molar-refractivity contribution < 1.29 is 4.74 Å². The van der Waals surface area contributed by atoms with Gasteiger partial charge in [0, 0.05) is 23.6 Å². The molecule has 1 aliphatic rings. The van der Waals surface area contributed by atoms with Gasteiger partial charge in [-0.3, -0.25) is 4.98 Å². The van der Waals surface area contributed by atoms with Gasteiger partial charge >= 0.3 is 0 Å². The van der Waals surface area contributed by atoms with Crippen molar-refractivity contribution in [2.24, 2.45) is 5.41 Å². The van der Waals surface area contributed by atoms with Gasteiger partial charge in [-0.2, -0.15) is 0 Å². The summed E-state index contributed by atoms with van der Waals surface area (Å²) >= 11 is 0. The molecule has 0 bridgehead atoms. The average molecular weight is 290 g/mol. The lowest BCUT2D eigenvalue weighted by Crippen LogP contribution is -2.64. The fraction of sp³-hybridized carbons (Fsp3) is 0.722. The van der Waals surface area contributed by atoms with E-state index >= 15 is 0 Å². The number of ether oxygens (including phenoxy) is 1. The molecule has 0 spiro atoms. The van der Waals surface area contributed by atoms with Gasteiger partial charge in [0.2, 0.25) is 0 Å². The first-order valence-corrected chi connectivity index (χ1v) is 8.47. The molecular formula is C18H30N2O. The minimum atomic E-state index is 0.270. The number of nitrogens with one attached hydrogen (secondary N) is 1. The lowest BCUT2D eigenvalue weighted by atomic mass is 9.58. The van der Waals surface area contributed by atoms with E-state index in [4.69, 9.17) is 4.74 Å². The van der Waals surface area contributed by atoms with Crippen LogP contribution in [-0.2, 0) is 6.42 Å². The fourth-order valence-corrected chi connectivity index (χ4v) is 3.76. The Kier molecular flexibility index (Phi) is 5.26. The number of pyridine rings is 1. The van der Waals surface area contributed by atoms with Crippen LogP contribution in [0.25, 0.3) is 0 Å². The normalized spacial score (nSPS) is 23.7. The molecule has 1 aromatic heterocycles. The first-order chi connectivity index (χ1) is 10.1. The summed E-state index contributed by atoms with van der Waals surface area (Å²) in [6, 6.07) is 4.73. The molecule has 21 heavy (non-hydrogen) atoms. The SMILES string of the molecule is CCNC1CC(Oc2ccc(C)nc2CC)C1(CC)CC. The predicted molar refractivity (Wildman–Crippen MR) is 87.9 cm³/mol. The molecule has 1 saturated carbocycles. The van der Waals surface area contributed by atoms with Crippen molar-refractivity contribution in [1.82, 2.24) is 10.3 Å². The summed E-state index contributed by atoms with van der Waals surface area (Å²) in [5.74, 6) is 0.981. The maximum atomic E-state index is 6.40. The van der Waals surface area contributed by atoms with Gasteiger partial charge in [-0.25, -0.2) is 0 Å². The zero-order valence-corrected chi connectivity index (χ0v) is 14.2. The van der Waals surface area contributed by atoms with E-state index in [9.17, 15) is 0 Å². The molecule has 0 aromatic carbocycles. The molecule has 3 heteroatoms. The summed E-state index contributed by atoms with van der Waals surface area (Å²) in [4.78, 5) is 4.62. The Morgan fingerprint density at radius 3 is 2.52 bits per heavy atom. The highest BCUT2D eigenvalue weighted by molar-refractivity contribution is 5.30. The van der Waals surface area contributed by atoms with Crippen molar-refractivity contribution in [1.29, 1.82) is 0 Å². The van der Waals surface area contributed by atoms with Crippen LogP contribution in [0.3, 0.4) is 0 Å². The molecule has 0 saturated heterocycles. The molecule has 118 valence electrons. The number of hydrogen-bond acceptors (Lipinski definition) is 3. The van der Waals surface area contributed by atoms with E-state index < -0.39 is 0 Å². The van der Waals surface area contributed by atoms with Crippen molar-refractivity contribution >= 4 is 0 Å². The Bertz CT molecular complexity index is 468. The number of rotatable bonds is 7. The summed E-state index contributed by atoms with van der Waals surface area (Å²) in [6.45, 7) is 12.0. The summed E-state index contributed by atoms with van der Waals surface area (Å²) in [5.41, 5.74) is 2.42. The van der Waals surface area contributed by atoms with Crippen molar-refractivity contribution in [3.63, 3.8) is 0 Å². The average Bonchev–Trinajstić information content (AvgIpc) is 2.48. The van der Waals surface area contributed by atoms with Gasteiger partial charge in [0.05, 0.1) is 5.69 Å². The second-order valence-electron chi connectivity index (χ2n) is 6.14. The highest BCUT2D eigenvalue weighted by Gasteiger charge is 2.54. The Labute approximate surface area is 129 Å². The molecule has 1 aromatic rings. The van der Waals surface area contributed by atoms with Crippen LogP contribution in [0.1, 0.15) is 58.3 Å². The molecule has 1 heterocycles. The summed E-state index contributed by atoms with van der Waals surface area (Å²) in [7, 11) is 0. The highest BCUT2D eigenvalue weighted by Crippen LogP contribution is 2.49. The maximum Gasteiger partial charge on any atom is 0.141 e. The number of aromatic nitrogens is 1. The summed E-state index contributed by atoms with van der Waals surface area (Å²) in [5, 5.41) is 3.63. The number of nitrogens with zero attached hydrogens (tertiary/aromatic N) is 1. The van der Waals surface area contributed by atoms with Crippen LogP contribution in [0.15, 0.2) is 12.1 Å². The molecule has 1 fully saturated rings. The lowest BCUT2D eigenvalue weighted by molar-refractivity contribution is -0.0859. The zero-order chi connectivity index (χ0) is 15.5. The molecule has 1 aliphatic carbocycles. The van der Waals surface area contributed by atoms with Crippen molar-refractivity contribution in [2.45, 2.75) is 72.4 Å². The molecule has 0 aliphatic heterocycles. The monoisotopic (exact) mass is 290 g/mol. The molecule has 0 amide bonds. The Morgan fingerprint density at radius 1 is 1.24 bits per heavy atom. The van der Waals surface area contributed by atoms with Gasteiger partial charge in [0.15, 0.2) is 0 Å². The molecule has 1 N–H and O–H groups in total. The van der Waals surface area contributed by atoms with Gasteiger partial charge in [0.25, 0.3) is 0 Å².